The molecule has 0 aliphatic rings. The van der Waals surface area contributed by atoms with Crippen LogP contribution < -0.4 is 10.6 Å². The van der Waals surface area contributed by atoms with E-state index in [0.29, 0.717) is 17.2 Å². The zero-order valence-electron chi connectivity index (χ0n) is 21.2. The molecule has 5 rings (SSSR count). The van der Waals surface area contributed by atoms with Gasteiger partial charge in [0.15, 0.2) is 9.84 Å². The highest BCUT2D eigenvalue weighted by molar-refractivity contribution is 7.90. The Labute approximate surface area is 224 Å². The number of aromatic nitrogens is 6. The first kappa shape index (κ1) is 25.6. The monoisotopic (exact) mass is 540 g/mol. The summed E-state index contributed by atoms with van der Waals surface area (Å²) in [5.41, 5.74) is 3.01. The number of imidazole rings is 1. The molecule has 1 aromatic carbocycles. The summed E-state index contributed by atoms with van der Waals surface area (Å²) in [5.74, 6) is 5.58. The molecule has 39 heavy (non-hydrogen) atoms. The maximum absolute atomic E-state index is 13.3. The summed E-state index contributed by atoms with van der Waals surface area (Å²) in [6.45, 7) is 0.276. The van der Waals surface area contributed by atoms with Crippen LogP contribution >= 0.6 is 0 Å². The minimum Gasteiger partial charge on any atom is -0.357 e. The van der Waals surface area contributed by atoms with Crippen molar-refractivity contribution in [2.24, 2.45) is 7.05 Å². The predicted octanol–water partition coefficient (Wildman–Crippen LogP) is 2.20. The van der Waals surface area contributed by atoms with E-state index >= 15 is 0 Å². The first-order chi connectivity index (χ1) is 18.8. The number of nitrogens with zero attached hydrogens (tertiary/aromatic N) is 6. The number of fused-ring (bicyclic) bond motifs is 1. The molecule has 0 saturated carbocycles. The Morgan fingerprint density at radius 3 is 2.56 bits per heavy atom. The van der Waals surface area contributed by atoms with Crippen LogP contribution in [-0.2, 0) is 29.2 Å². The van der Waals surface area contributed by atoms with Crippen LogP contribution in [0, 0.1) is 11.8 Å². The van der Waals surface area contributed by atoms with Crippen molar-refractivity contribution >= 4 is 27.3 Å². The van der Waals surface area contributed by atoms with Gasteiger partial charge in [-0.15, -0.1) is 0 Å². The smallest absolute Gasteiger partial charge is 0.251 e. The number of hydrogen-bond donors (Lipinski definition) is 2. The van der Waals surface area contributed by atoms with E-state index < -0.39 is 9.84 Å². The number of sulfone groups is 1. The van der Waals surface area contributed by atoms with E-state index in [-0.39, 0.29) is 34.2 Å². The zero-order valence-corrected chi connectivity index (χ0v) is 22.0. The molecule has 4 heterocycles. The van der Waals surface area contributed by atoms with Crippen molar-refractivity contribution in [3.05, 3.63) is 102 Å². The maximum atomic E-state index is 13.3. The van der Waals surface area contributed by atoms with Gasteiger partial charge in [0.1, 0.15) is 5.65 Å². The van der Waals surface area contributed by atoms with Crippen molar-refractivity contribution in [2.75, 3.05) is 12.4 Å². The number of pyridine rings is 1. The molecule has 0 aliphatic carbocycles. The third-order valence-electron chi connectivity index (χ3n) is 5.82. The van der Waals surface area contributed by atoms with Gasteiger partial charge in [-0.1, -0.05) is 11.8 Å². The Hall–Kier alpha value is -5.02. The highest BCUT2D eigenvalue weighted by atomic mass is 32.2. The van der Waals surface area contributed by atoms with E-state index in [0.717, 1.165) is 11.2 Å². The summed E-state index contributed by atoms with van der Waals surface area (Å²) in [7, 11) is -0.402. The number of rotatable bonds is 7. The highest BCUT2D eigenvalue weighted by Gasteiger charge is 2.22. The van der Waals surface area contributed by atoms with Gasteiger partial charge < -0.3 is 15.0 Å². The molecule has 2 N–H and O–H groups in total. The van der Waals surface area contributed by atoms with Crippen LogP contribution in [0.4, 0.5) is 5.95 Å². The van der Waals surface area contributed by atoms with Crippen molar-refractivity contribution in [1.29, 1.82) is 0 Å². The number of amides is 1. The van der Waals surface area contributed by atoms with E-state index in [4.69, 9.17) is 0 Å². The minimum absolute atomic E-state index is 0.00900. The van der Waals surface area contributed by atoms with Crippen LogP contribution in [-0.4, -0.2) is 50.5 Å². The van der Waals surface area contributed by atoms with Crippen molar-refractivity contribution in [3.63, 3.8) is 0 Å². The summed E-state index contributed by atoms with van der Waals surface area (Å²) < 4.78 is 30.1. The second-order valence-corrected chi connectivity index (χ2v) is 10.6. The fourth-order valence-corrected chi connectivity index (χ4v) is 5.28. The molecule has 11 nitrogen and oxygen atoms in total. The fourth-order valence-electron chi connectivity index (χ4n) is 3.86. The molecule has 0 aliphatic heterocycles. The first-order valence-corrected chi connectivity index (χ1v) is 13.5. The standard InChI is InChI=1S/C27H24N8O3S/c1-28-27-31-16-20(17-32-27)3-4-21-14-22(5-6-24(21)39(37,38)18-23-8-10-34(2)33-23)26(36)30-15-19-7-11-35-12-9-29-25(35)13-19/h5-14,16-17H,15,18H2,1-2H3,(H,30,36)(H,28,31,32). The lowest BCUT2D eigenvalue weighted by molar-refractivity contribution is 0.0950. The van der Waals surface area contributed by atoms with Gasteiger partial charge in [-0.25, -0.2) is 23.4 Å². The molecule has 0 radical (unpaired) electrons. The summed E-state index contributed by atoms with van der Waals surface area (Å²) in [4.78, 5) is 25.5. The number of carbonyl (C=O) groups excluding carboxylic acids is 1. The number of carbonyl (C=O) groups is 1. The van der Waals surface area contributed by atoms with E-state index in [1.54, 1.807) is 32.6 Å². The number of benzene rings is 1. The van der Waals surface area contributed by atoms with Crippen LogP contribution in [0.25, 0.3) is 5.65 Å². The van der Waals surface area contributed by atoms with Gasteiger partial charge in [0.05, 0.1) is 21.9 Å². The van der Waals surface area contributed by atoms with Crippen molar-refractivity contribution in [1.82, 2.24) is 34.4 Å². The van der Waals surface area contributed by atoms with Crippen LogP contribution in [0.3, 0.4) is 0 Å². The minimum atomic E-state index is -3.82. The third-order valence-corrected chi connectivity index (χ3v) is 7.52. The Morgan fingerprint density at radius 1 is 1.00 bits per heavy atom. The van der Waals surface area contributed by atoms with Crippen LogP contribution in [0.15, 0.2) is 78.5 Å². The fraction of sp³-hybridized carbons (Fsp3) is 0.148. The zero-order chi connectivity index (χ0) is 27.4. The van der Waals surface area contributed by atoms with E-state index in [9.17, 15) is 13.2 Å². The van der Waals surface area contributed by atoms with Gasteiger partial charge in [0, 0.05) is 68.9 Å². The largest absolute Gasteiger partial charge is 0.357 e. The van der Waals surface area contributed by atoms with E-state index in [2.05, 4.69) is 42.5 Å². The molecule has 0 bridgehead atoms. The van der Waals surface area contributed by atoms with E-state index in [1.807, 2.05) is 28.9 Å². The lowest BCUT2D eigenvalue weighted by Crippen LogP contribution is -2.23. The molecule has 0 unspecified atom stereocenters. The number of aryl methyl sites for hydroxylation is 1. The first-order valence-electron chi connectivity index (χ1n) is 11.9. The molecular formula is C27H24N8O3S. The lowest BCUT2D eigenvalue weighted by atomic mass is 10.1. The van der Waals surface area contributed by atoms with E-state index in [1.165, 1.54) is 35.3 Å². The number of hydrogen-bond acceptors (Lipinski definition) is 8. The predicted molar refractivity (Wildman–Crippen MR) is 144 cm³/mol. The maximum Gasteiger partial charge on any atom is 0.251 e. The van der Waals surface area contributed by atoms with Gasteiger partial charge >= 0.3 is 0 Å². The average molecular weight is 541 g/mol. The van der Waals surface area contributed by atoms with Crippen molar-refractivity contribution in [3.8, 4) is 11.8 Å². The normalized spacial score (nSPS) is 11.1. The number of anilines is 1. The van der Waals surface area contributed by atoms with Crippen LogP contribution in [0.5, 0.6) is 0 Å². The molecular weight excluding hydrogens is 516 g/mol. The van der Waals surface area contributed by atoms with Gasteiger partial charge in [-0.3, -0.25) is 9.48 Å². The summed E-state index contributed by atoms with van der Waals surface area (Å²) >= 11 is 0. The molecule has 196 valence electrons. The Bertz CT molecular complexity index is 1830. The van der Waals surface area contributed by atoms with Crippen molar-refractivity contribution in [2.45, 2.75) is 17.2 Å². The Morgan fingerprint density at radius 2 is 1.82 bits per heavy atom. The molecule has 0 fully saturated rings. The molecule has 12 heteroatoms. The molecule has 0 saturated heterocycles. The third kappa shape index (κ3) is 5.94. The summed E-state index contributed by atoms with van der Waals surface area (Å²) in [5, 5.41) is 9.88. The lowest BCUT2D eigenvalue weighted by Gasteiger charge is -2.10. The molecule has 5 aromatic rings. The molecule has 1 amide bonds. The van der Waals surface area contributed by atoms with Gasteiger partial charge in [0.25, 0.3) is 5.91 Å². The number of nitrogens with one attached hydrogen (secondary N) is 2. The Balaban J connectivity index is 1.44. The van der Waals surface area contributed by atoms with Gasteiger partial charge in [-0.2, -0.15) is 5.10 Å². The summed E-state index contributed by atoms with van der Waals surface area (Å²) in [6, 6.07) is 9.79. The van der Waals surface area contributed by atoms with Gasteiger partial charge in [0.2, 0.25) is 5.95 Å². The highest BCUT2D eigenvalue weighted by Crippen LogP contribution is 2.22. The molecule has 4 aromatic heterocycles. The second kappa shape index (κ2) is 10.8. The molecule has 0 spiro atoms. The second-order valence-electron chi connectivity index (χ2n) is 8.66. The SMILES string of the molecule is CNc1ncc(C#Cc2cc(C(=O)NCc3ccn4ccnc4c3)ccc2S(=O)(=O)Cc2ccn(C)n2)cn1. The van der Waals surface area contributed by atoms with Gasteiger partial charge in [-0.05, 0) is 42.0 Å². The van der Waals surface area contributed by atoms with Crippen LogP contribution in [0.2, 0.25) is 0 Å². The average Bonchev–Trinajstić information content (AvgIpc) is 3.58. The van der Waals surface area contributed by atoms with Crippen LogP contribution in [0.1, 0.15) is 32.7 Å². The topological polar surface area (TPSA) is 136 Å². The molecule has 0 atom stereocenters. The quantitative estimate of drug-likeness (QED) is 0.300. The van der Waals surface area contributed by atoms with Crippen molar-refractivity contribution < 1.29 is 13.2 Å². The Kier molecular flexibility index (Phi) is 7.07. The summed E-state index contributed by atoms with van der Waals surface area (Å²) in [6.07, 6.45) is 10.1.